The highest BCUT2D eigenvalue weighted by atomic mass is 19.1. The van der Waals surface area contributed by atoms with Gasteiger partial charge in [0.1, 0.15) is 17.6 Å². The van der Waals surface area contributed by atoms with E-state index in [0.717, 1.165) is 48.2 Å². The summed E-state index contributed by atoms with van der Waals surface area (Å²) in [5.74, 6) is 0.924. The van der Waals surface area contributed by atoms with E-state index in [2.05, 4.69) is 15.5 Å². The minimum atomic E-state index is -0.843. The van der Waals surface area contributed by atoms with Gasteiger partial charge < -0.3 is 20.1 Å². The quantitative estimate of drug-likeness (QED) is 0.828. The van der Waals surface area contributed by atoms with Crippen molar-refractivity contribution in [2.45, 2.75) is 50.4 Å². The summed E-state index contributed by atoms with van der Waals surface area (Å²) in [6.07, 6.45) is 2.26. The Kier molecular flexibility index (Phi) is 4.47. The number of nitrogens with zero attached hydrogens (tertiary/aromatic N) is 3. The van der Waals surface area contributed by atoms with Crippen LogP contribution in [-0.2, 0) is 16.8 Å². The Morgan fingerprint density at radius 3 is 2.83 bits per heavy atom. The second-order valence-electron chi connectivity index (χ2n) is 8.76. The summed E-state index contributed by atoms with van der Waals surface area (Å²) in [5, 5.41) is 23.0. The summed E-state index contributed by atoms with van der Waals surface area (Å²) in [5.41, 5.74) is 4.25. The van der Waals surface area contributed by atoms with Crippen molar-refractivity contribution in [3.8, 4) is 17.0 Å². The minimum absolute atomic E-state index is 0.0153. The molecule has 1 saturated heterocycles. The molecule has 2 aliphatic heterocycles. The van der Waals surface area contributed by atoms with Crippen LogP contribution in [0, 0.1) is 6.92 Å². The summed E-state index contributed by atoms with van der Waals surface area (Å²) in [6, 6.07) is 5.61. The summed E-state index contributed by atoms with van der Waals surface area (Å²) in [4.78, 5) is 2.01. The molecule has 0 radical (unpaired) electrons. The number of alkyl halides is 1. The first-order valence-corrected chi connectivity index (χ1v) is 10.4. The Bertz CT molecular complexity index is 937. The number of benzene rings is 1. The third kappa shape index (κ3) is 3.36. The SMILES string of the molecule is Cc1ccc(-c2nnc(N[C@@H]3C[C@@H](F)CN(C)C3)c3c2CCOC32CC2)c(O)c1. The average Bonchev–Trinajstić information content (AvgIpc) is 3.41. The molecule has 1 aliphatic carbocycles. The minimum Gasteiger partial charge on any atom is -0.507 e. The lowest BCUT2D eigenvalue weighted by Crippen LogP contribution is -2.45. The Morgan fingerprint density at radius 2 is 2.10 bits per heavy atom. The number of likely N-dealkylation sites (tertiary alicyclic amines) is 1. The standard InChI is InChI=1S/C22H27FN4O2/c1-13-3-4-16(18(28)9-13)20-17-5-8-29-22(6-7-22)19(17)21(26-25-20)24-15-10-14(23)11-27(2)12-15/h3-4,9,14-15,28H,5-8,10-12H2,1-2H3,(H,24,26)/t14-,15-/m1/s1. The van der Waals surface area contributed by atoms with E-state index in [1.165, 1.54) is 0 Å². The number of anilines is 1. The number of piperidine rings is 1. The largest absolute Gasteiger partial charge is 0.507 e. The number of hydrogen-bond donors (Lipinski definition) is 2. The van der Waals surface area contributed by atoms with E-state index in [1.54, 1.807) is 6.07 Å². The lowest BCUT2D eigenvalue weighted by atomic mass is 9.91. The molecule has 2 N–H and O–H groups in total. The van der Waals surface area contributed by atoms with E-state index < -0.39 is 6.17 Å². The molecule has 1 aromatic carbocycles. The maximum absolute atomic E-state index is 14.1. The van der Waals surface area contributed by atoms with Gasteiger partial charge in [-0.05, 0) is 56.5 Å². The first-order chi connectivity index (χ1) is 13.9. The van der Waals surface area contributed by atoms with Crippen LogP contribution in [0.3, 0.4) is 0 Å². The van der Waals surface area contributed by atoms with Gasteiger partial charge in [-0.15, -0.1) is 10.2 Å². The smallest absolute Gasteiger partial charge is 0.155 e. The van der Waals surface area contributed by atoms with Crippen LogP contribution < -0.4 is 5.32 Å². The normalized spacial score (nSPS) is 25.6. The van der Waals surface area contributed by atoms with Crippen LogP contribution in [0.4, 0.5) is 10.2 Å². The van der Waals surface area contributed by atoms with Gasteiger partial charge in [-0.2, -0.15) is 0 Å². The molecule has 2 atom stereocenters. The monoisotopic (exact) mass is 398 g/mol. The van der Waals surface area contributed by atoms with Crippen molar-refractivity contribution >= 4 is 5.82 Å². The number of aromatic nitrogens is 2. The summed E-state index contributed by atoms with van der Waals surface area (Å²) in [6.45, 7) is 3.83. The molecule has 6 nitrogen and oxygen atoms in total. The van der Waals surface area contributed by atoms with E-state index in [9.17, 15) is 9.50 Å². The number of phenols is 1. The molecule has 0 unspecified atom stereocenters. The third-order valence-electron chi connectivity index (χ3n) is 6.30. The summed E-state index contributed by atoms with van der Waals surface area (Å²) in [7, 11) is 1.94. The second kappa shape index (κ2) is 6.92. The molecule has 29 heavy (non-hydrogen) atoms. The molecule has 1 spiro atoms. The van der Waals surface area contributed by atoms with E-state index >= 15 is 0 Å². The number of likely N-dealkylation sites (N-methyl/N-ethyl adjacent to an activating group) is 1. The fourth-order valence-electron chi connectivity index (χ4n) is 4.84. The molecule has 5 rings (SSSR count). The zero-order chi connectivity index (χ0) is 20.2. The number of rotatable bonds is 3. The van der Waals surface area contributed by atoms with Gasteiger partial charge in [0.25, 0.3) is 0 Å². The number of halogens is 1. The zero-order valence-corrected chi connectivity index (χ0v) is 16.9. The Labute approximate surface area is 170 Å². The topological polar surface area (TPSA) is 70.5 Å². The van der Waals surface area contributed by atoms with Gasteiger partial charge in [0, 0.05) is 36.7 Å². The van der Waals surface area contributed by atoms with Crippen molar-refractivity contribution in [3.05, 3.63) is 34.9 Å². The molecule has 154 valence electrons. The number of aryl methyl sites for hydroxylation is 1. The van der Waals surface area contributed by atoms with Crippen LogP contribution in [-0.4, -0.2) is 59.2 Å². The number of ether oxygens (including phenoxy) is 1. The van der Waals surface area contributed by atoms with Crippen LogP contribution in [0.15, 0.2) is 18.2 Å². The first kappa shape index (κ1) is 18.8. The van der Waals surface area contributed by atoms with E-state index in [4.69, 9.17) is 4.74 Å². The fourth-order valence-corrected chi connectivity index (χ4v) is 4.84. The molecule has 3 heterocycles. The highest BCUT2D eigenvalue weighted by molar-refractivity contribution is 5.74. The van der Waals surface area contributed by atoms with Gasteiger partial charge in [0.05, 0.1) is 12.2 Å². The van der Waals surface area contributed by atoms with Crippen LogP contribution >= 0.6 is 0 Å². The van der Waals surface area contributed by atoms with Crippen molar-refractivity contribution in [1.29, 1.82) is 0 Å². The van der Waals surface area contributed by atoms with Crippen molar-refractivity contribution < 1.29 is 14.2 Å². The molecule has 2 fully saturated rings. The van der Waals surface area contributed by atoms with Crippen molar-refractivity contribution in [3.63, 3.8) is 0 Å². The Hall–Kier alpha value is -2.25. The number of hydrogen-bond acceptors (Lipinski definition) is 6. The second-order valence-corrected chi connectivity index (χ2v) is 8.76. The van der Waals surface area contributed by atoms with E-state index in [1.807, 2.05) is 31.0 Å². The maximum atomic E-state index is 14.1. The predicted molar refractivity (Wildman–Crippen MR) is 109 cm³/mol. The zero-order valence-electron chi connectivity index (χ0n) is 16.9. The molecule has 7 heteroatoms. The van der Waals surface area contributed by atoms with Crippen LogP contribution in [0.25, 0.3) is 11.3 Å². The molecule has 0 amide bonds. The molecule has 1 saturated carbocycles. The molecular weight excluding hydrogens is 371 g/mol. The highest BCUT2D eigenvalue weighted by Crippen LogP contribution is 2.55. The Morgan fingerprint density at radius 1 is 1.28 bits per heavy atom. The Balaban J connectivity index is 1.57. The van der Waals surface area contributed by atoms with Crippen molar-refractivity contribution in [2.75, 3.05) is 32.1 Å². The number of fused-ring (bicyclic) bond motifs is 2. The van der Waals surface area contributed by atoms with Crippen LogP contribution in [0.5, 0.6) is 5.75 Å². The summed E-state index contributed by atoms with van der Waals surface area (Å²) >= 11 is 0. The molecule has 3 aliphatic rings. The lowest BCUT2D eigenvalue weighted by molar-refractivity contribution is 0.0200. The van der Waals surface area contributed by atoms with E-state index in [-0.39, 0.29) is 17.4 Å². The molecular formula is C22H27FN4O2. The molecule has 2 aromatic rings. The van der Waals surface area contributed by atoms with Gasteiger partial charge in [0.15, 0.2) is 5.82 Å². The average molecular weight is 398 g/mol. The van der Waals surface area contributed by atoms with Crippen LogP contribution in [0.2, 0.25) is 0 Å². The first-order valence-electron chi connectivity index (χ1n) is 10.4. The molecule has 1 aromatic heterocycles. The predicted octanol–water partition coefficient (Wildman–Crippen LogP) is 3.17. The van der Waals surface area contributed by atoms with E-state index in [0.29, 0.717) is 31.0 Å². The van der Waals surface area contributed by atoms with Crippen LogP contribution in [0.1, 0.15) is 36.0 Å². The van der Waals surface area contributed by atoms with Crippen molar-refractivity contribution in [1.82, 2.24) is 15.1 Å². The van der Waals surface area contributed by atoms with Gasteiger partial charge in [-0.25, -0.2) is 4.39 Å². The van der Waals surface area contributed by atoms with Gasteiger partial charge in [0.2, 0.25) is 0 Å². The number of nitrogens with one attached hydrogen (secondary N) is 1. The maximum Gasteiger partial charge on any atom is 0.155 e. The van der Waals surface area contributed by atoms with Crippen molar-refractivity contribution in [2.24, 2.45) is 0 Å². The van der Waals surface area contributed by atoms with Gasteiger partial charge >= 0.3 is 0 Å². The lowest BCUT2D eigenvalue weighted by Gasteiger charge is -2.35. The summed E-state index contributed by atoms with van der Waals surface area (Å²) < 4.78 is 20.2. The fraction of sp³-hybridized carbons (Fsp3) is 0.545. The third-order valence-corrected chi connectivity index (χ3v) is 6.30. The number of phenolic OH excluding ortho intramolecular Hbond substituents is 1. The van der Waals surface area contributed by atoms with Gasteiger partial charge in [-0.1, -0.05) is 6.07 Å². The van der Waals surface area contributed by atoms with Gasteiger partial charge in [-0.3, -0.25) is 0 Å². The number of aromatic hydroxyl groups is 1. The highest BCUT2D eigenvalue weighted by Gasteiger charge is 2.52. The molecule has 0 bridgehead atoms.